The molecule has 0 saturated heterocycles. The Hall–Kier alpha value is -0.540. The molecule has 0 bridgehead atoms. The SMILES string of the molecule is Cc1ccn(CC(=O)Cl)n1.Cl. The lowest BCUT2D eigenvalue weighted by atomic mass is 10.5. The first-order valence-corrected chi connectivity index (χ1v) is 3.24. The summed E-state index contributed by atoms with van der Waals surface area (Å²) in [6.45, 7) is 2.00. The first kappa shape index (κ1) is 10.5. The van der Waals surface area contributed by atoms with Crippen LogP contribution in [-0.2, 0) is 11.3 Å². The number of carbonyl (C=O) groups excluding carboxylic acids is 1. The minimum atomic E-state index is -0.400. The van der Waals surface area contributed by atoms with Crippen molar-refractivity contribution in [2.24, 2.45) is 0 Å². The van der Waals surface area contributed by atoms with Crippen molar-refractivity contribution in [1.29, 1.82) is 0 Å². The molecule has 62 valence electrons. The quantitative estimate of drug-likeness (QED) is 0.668. The van der Waals surface area contributed by atoms with Crippen molar-refractivity contribution in [2.45, 2.75) is 13.5 Å². The third kappa shape index (κ3) is 3.39. The average molecular weight is 195 g/mol. The second-order valence-electron chi connectivity index (χ2n) is 2.01. The molecular formula is C6H8Cl2N2O. The van der Waals surface area contributed by atoms with Gasteiger partial charge < -0.3 is 0 Å². The van der Waals surface area contributed by atoms with E-state index in [1.807, 2.05) is 13.0 Å². The Bertz CT molecular complexity index is 246. The van der Waals surface area contributed by atoms with Gasteiger partial charge in [0.25, 0.3) is 0 Å². The highest BCUT2D eigenvalue weighted by Crippen LogP contribution is 1.93. The molecule has 0 spiro atoms. The van der Waals surface area contributed by atoms with Crippen molar-refractivity contribution in [3.8, 4) is 0 Å². The Morgan fingerprint density at radius 1 is 1.82 bits per heavy atom. The second kappa shape index (κ2) is 4.36. The van der Waals surface area contributed by atoms with Gasteiger partial charge in [-0.25, -0.2) is 0 Å². The Morgan fingerprint density at radius 3 is 2.82 bits per heavy atom. The summed E-state index contributed by atoms with van der Waals surface area (Å²) in [5, 5.41) is 3.56. The smallest absolute Gasteiger partial charge is 0.243 e. The van der Waals surface area contributed by atoms with Gasteiger partial charge in [0.05, 0.1) is 5.69 Å². The minimum absolute atomic E-state index is 0. The van der Waals surface area contributed by atoms with Crippen LogP contribution in [-0.4, -0.2) is 15.0 Å². The number of hydrogen-bond donors (Lipinski definition) is 0. The van der Waals surface area contributed by atoms with Crippen LogP contribution in [0.1, 0.15) is 5.69 Å². The van der Waals surface area contributed by atoms with Gasteiger partial charge in [-0.05, 0) is 24.6 Å². The molecule has 5 heteroatoms. The first-order valence-electron chi connectivity index (χ1n) is 2.87. The monoisotopic (exact) mass is 194 g/mol. The standard InChI is InChI=1S/C6H7ClN2O.ClH/c1-5-2-3-9(8-5)4-6(7)10;/h2-3H,4H2,1H3;1H. The average Bonchev–Trinajstić information content (AvgIpc) is 2.13. The fourth-order valence-corrected chi connectivity index (χ4v) is 0.801. The predicted molar refractivity (Wildman–Crippen MR) is 45.1 cm³/mol. The lowest BCUT2D eigenvalue weighted by Crippen LogP contribution is -2.04. The van der Waals surface area contributed by atoms with Crippen molar-refractivity contribution >= 4 is 29.3 Å². The van der Waals surface area contributed by atoms with E-state index in [1.54, 1.807) is 6.20 Å². The van der Waals surface area contributed by atoms with Gasteiger partial charge in [0.2, 0.25) is 5.24 Å². The maximum atomic E-state index is 10.3. The van der Waals surface area contributed by atoms with E-state index in [9.17, 15) is 4.79 Å². The van der Waals surface area contributed by atoms with E-state index in [-0.39, 0.29) is 19.0 Å². The van der Waals surface area contributed by atoms with Crippen LogP contribution in [0.25, 0.3) is 0 Å². The number of hydrogen-bond acceptors (Lipinski definition) is 2. The molecule has 0 amide bonds. The number of halogens is 2. The van der Waals surface area contributed by atoms with Crippen molar-refractivity contribution in [3.63, 3.8) is 0 Å². The van der Waals surface area contributed by atoms with Crippen LogP contribution in [0.3, 0.4) is 0 Å². The van der Waals surface area contributed by atoms with Gasteiger partial charge in [-0.15, -0.1) is 12.4 Å². The second-order valence-corrected chi connectivity index (χ2v) is 2.43. The van der Waals surface area contributed by atoms with Crippen LogP contribution in [0, 0.1) is 6.92 Å². The zero-order chi connectivity index (χ0) is 7.56. The molecule has 0 saturated carbocycles. The number of carbonyl (C=O) groups is 1. The van der Waals surface area contributed by atoms with E-state index in [0.29, 0.717) is 0 Å². The third-order valence-electron chi connectivity index (χ3n) is 1.06. The largest absolute Gasteiger partial charge is 0.279 e. The van der Waals surface area contributed by atoms with E-state index in [0.717, 1.165) is 5.69 Å². The van der Waals surface area contributed by atoms with E-state index >= 15 is 0 Å². The zero-order valence-electron chi connectivity index (χ0n) is 5.95. The molecule has 0 fully saturated rings. The van der Waals surface area contributed by atoms with Crippen molar-refractivity contribution < 1.29 is 4.79 Å². The van der Waals surface area contributed by atoms with Crippen LogP contribution in [0.5, 0.6) is 0 Å². The van der Waals surface area contributed by atoms with Gasteiger partial charge in [0.15, 0.2) is 0 Å². The molecule has 0 aliphatic rings. The summed E-state index contributed by atoms with van der Waals surface area (Å²) in [6, 6.07) is 1.82. The van der Waals surface area contributed by atoms with Gasteiger partial charge in [0.1, 0.15) is 6.54 Å². The van der Waals surface area contributed by atoms with E-state index in [1.165, 1.54) is 4.68 Å². The van der Waals surface area contributed by atoms with Crippen molar-refractivity contribution in [1.82, 2.24) is 9.78 Å². The first-order chi connectivity index (χ1) is 4.68. The predicted octanol–water partition coefficient (Wildman–Crippen LogP) is 1.38. The summed E-state index contributed by atoms with van der Waals surface area (Å²) in [5.74, 6) is 0. The fourth-order valence-electron chi connectivity index (χ4n) is 0.679. The molecule has 1 rings (SSSR count). The number of rotatable bonds is 2. The Morgan fingerprint density at radius 2 is 2.45 bits per heavy atom. The Labute approximate surface area is 75.8 Å². The van der Waals surface area contributed by atoms with Crippen LogP contribution in [0.2, 0.25) is 0 Å². The zero-order valence-corrected chi connectivity index (χ0v) is 7.52. The molecule has 1 aromatic heterocycles. The molecular weight excluding hydrogens is 187 g/mol. The molecule has 0 aliphatic heterocycles. The highest BCUT2D eigenvalue weighted by molar-refractivity contribution is 6.63. The molecule has 1 aromatic rings. The highest BCUT2D eigenvalue weighted by atomic mass is 35.5. The molecule has 1 heterocycles. The summed E-state index contributed by atoms with van der Waals surface area (Å²) < 4.78 is 1.50. The third-order valence-corrected chi connectivity index (χ3v) is 1.18. The lowest BCUT2D eigenvalue weighted by Gasteiger charge is -1.92. The molecule has 3 nitrogen and oxygen atoms in total. The molecule has 0 unspecified atom stereocenters. The normalized spacial score (nSPS) is 8.91. The summed E-state index contributed by atoms with van der Waals surface area (Å²) in [7, 11) is 0. The maximum absolute atomic E-state index is 10.3. The maximum Gasteiger partial charge on any atom is 0.243 e. The van der Waals surface area contributed by atoms with Crippen LogP contribution in [0.4, 0.5) is 0 Å². The summed E-state index contributed by atoms with van der Waals surface area (Å²) in [4.78, 5) is 10.3. The lowest BCUT2D eigenvalue weighted by molar-refractivity contribution is -0.112. The number of nitrogens with zero attached hydrogens (tertiary/aromatic N) is 2. The van der Waals surface area contributed by atoms with Gasteiger partial charge in [0, 0.05) is 6.20 Å². The van der Waals surface area contributed by atoms with E-state index in [2.05, 4.69) is 5.10 Å². The molecule has 0 atom stereocenters. The Balaban J connectivity index is 0.000001000. The molecule has 0 N–H and O–H groups in total. The number of aryl methyl sites for hydroxylation is 1. The van der Waals surface area contributed by atoms with E-state index < -0.39 is 5.24 Å². The molecule has 0 aromatic carbocycles. The topological polar surface area (TPSA) is 34.9 Å². The molecule has 0 radical (unpaired) electrons. The molecule has 11 heavy (non-hydrogen) atoms. The van der Waals surface area contributed by atoms with E-state index in [4.69, 9.17) is 11.6 Å². The summed E-state index contributed by atoms with van der Waals surface area (Å²) >= 11 is 5.12. The van der Waals surface area contributed by atoms with Gasteiger partial charge in [-0.1, -0.05) is 0 Å². The van der Waals surface area contributed by atoms with Gasteiger partial charge >= 0.3 is 0 Å². The van der Waals surface area contributed by atoms with Crippen molar-refractivity contribution in [2.75, 3.05) is 0 Å². The van der Waals surface area contributed by atoms with Crippen LogP contribution in [0.15, 0.2) is 12.3 Å². The fraction of sp³-hybridized carbons (Fsp3) is 0.333. The summed E-state index contributed by atoms with van der Waals surface area (Å²) in [6.07, 6.45) is 1.72. The molecule has 0 aliphatic carbocycles. The number of aromatic nitrogens is 2. The van der Waals surface area contributed by atoms with Crippen LogP contribution < -0.4 is 0 Å². The van der Waals surface area contributed by atoms with Crippen molar-refractivity contribution in [3.05, 3.63) is 18.0 Å². The highest BCUT2D eigenvalue weighted by Gasteiger charge is 1.97. The Kier molecular flexibility index (Phi) is 4.15. The minimum Gasteiger partial charge on any atom is -0.279 e. The van der Waals surface area contributed by atoms with Gasteiger partial charge in [-0.2, -0.15) is 5.10 Å². The summed E-state index contributed by atoms with van der Waals surface area (Å²) in [5.41, 5.74) is 0.887. The van der Waals surface area contributed by atoms with Crippen LogP contribution >= 0.6 is 24.0 Å². The van der Waals surface area contributed by atoms with Gasteiger partial charge in [-0.3, -0.25) is 9.48 Å².